The highest BCUT2D eigenvalue weighted by Gasteiger charge is 1.91. The van der Waals surface area contributed by atoms with Crippen molar-refractivity contribution in [3.8, 4) is 0 Å². The van der Waals surface area contributed by atoms with E-state index in [0.29, 0.717) is 6.42 Å². The lowest BCUT2D eigenvalue weighted by Crippen LogP contribution is -2.66. The normalized spacial score (nSPS) is 12.0. The van der Waals surface area contributed by atoms with Gasteiger partial charge in [-0.1, -0.05) is 64.7 Å². The maximum Gasteiger partial charge on any atom is -0.0533 e. The van der Waals surface area contributed by atoms with Gasteiger partial charge in [0, 0.05) is 0 Å². The average Bonchev–Trinajstić information content (AvgIpc) is 2.08. The summed E-state index contributed by atoms with van der Waals surface area (Å²) in [6, 6.07) is 0. The van der Waals surface area contributed by atoms with Crippen LogP contribution >= 0.6 is 0 Å². The SMILES string of the molecule is CCCCCCCCCCC([O-])([O-])[O-]. The van der Waals surface area contributed by atoms with Crippen LogP contribution in [-0.4, -0.2) is 5.97 Å². The first-order chi connectivity index (χ1) is 6.56. The Morgan fingerprint density at radius 3 is 1.57 bits per heavy atom. The zero-order chi connectivity index (χ0) is 10.9. The molecule has 0 aromatic carbocycles. The molecule has 86 valence electrons. The van der Waals surface area contributed by atoms with E-state index in [-0.39, 0.29) is 6.42 Å². The molecule has 0 bridgehead atoms. The van der Waals surface area contributed by atoms with Gasteiger partial charge in [0.1, 0.15) is 0 Å². The molecule has 0 spiro atoms. The molecule has 0 unspecified atom stereocenters. The van der Waals surface area contributed by atoms with Crippen molar-refractivity contribution < 1.29 is 15.3 Å². The molecule has 14 heavy (non-hydrogen) atoms. The standard InChI is InChI=1S/C11H21O3/c1-2-3-4-5-6-7-8-9-10-11(12,13)14/h2-10H2,1H3/q-3. The van der Waals surface area contributed by atoms with E-state index in [1.807, 2.05) is 0 Å². The highest BCUT2D eigenvalue weighted by atomic mass is 16.7. The third-order valence-corrected chi connectivity index (χ3v) is 2.34. The lowest BCUT2D eigenvalue weighted by Gasteiger charge is -2.58. The molecule has 0 aliphatic heterocycles. The second kappa shape index (κ2) is 8.21. The Balaban J connectivity index is 2.99. The summed E-state index contributed by atoms with van der Waals surface area (Å²) in [4.78, 5) is 0. The molecule has 3 nitrogen and oxygen atoms in total. The van der Waals surface area contributed by atoms with Gasteiger partial charge in [0.05, 0.1) is 0 Å². The van der Waals surface area contributed by atoms with Crippen molar-refractivity contribution in [2.75, 3.05) is 0 Å². The fraction of sp³-hybridized carbons (Fsp3) is 1.00. The van der Waals surface area contributed by atoms with Crippen LogP contribution < -0.4 is 15.3 Å². The zero-order valence-corrected chi connectivity index (χ0v) is 9.09. The highest BCUT2D eigenvalue weighted by Crippen LogP contribution is 2.10. The molecule has 0 aliphatic carbocycles. The topological polar surface area (TPSA) is 69.2 Å². The van der Waals surface area contributed by atoms with Gasteiger partial charge < -0.3 is 21.3 Å². The van der Waals surface area contributed by atoms with Crippen LogP contribution in [0.4, 0.5) is 0 Å². The summed E-state index contributed by atoms with van der Waals surface area (Å²) in [5.74, 6) is -3.21. The van der Waals surface area contributed by atoms with Gasteiger partial charge in [-0.2, -0.15) is 0 Å². The monoisotopic (exact) mass is 201 g/mol. The summed E-state index contributed by atoms with van der Waals surface area (Å²) in [6.07, 6.45) is 8.28. The molecule has 0 rings (SSSR count). The van der Waals surface area contributed by atoms with Gasteiger partial charge in [-0.3, -0.25) is 0 Å². The molecule has 3 heteroatoms. The quantitative estimate of drug-likeness (QED) is 0.396. The van der Waals surface area contributed by atoms with E-state index in [9.17, 15) is 15.3 Å². The van der Waals surface area contributed by atoms with E-state index in [2.05, 4.69) is 6.92 Å². The zero-order valence-electron chi connectivity index (χ0n) is 9.09. The van der Waals surface area contributed by atoms with Crippen LogP contribution in [0, 0.1) is 0 Å². The predicted molar refractivity (Wildman–Crippen MR) is 50.0 cm³/mol. The third kappa shape index (κ3) is 11.9. The first-order valence-corrected chi connectivity index (χ1v) is 5.67. The maximum absolute atomic E-state index is 10.2. The van der Waals surface area contributed by atoms with Crippen LogP contribution in [0.15, 0.2) is 0 Å². The number of hydrogen-bond acceptors (Lipinski definition) is 3. The number of hydrogen-bond donors (Lipinski definition) is 0. The van der Waals surface area contributed by atoms with Crippen LogP contribution in [0.25, 0.3) is 0 Å². The van der Waals surface area contributed by atoms with Crippen LogP contribution in [0.5, 0.6) is 0 Å². The molecule has 0 saturated carbocycles. The van der Waals surface area contributed by atoms with Crippen molar-refractivity contribution in [1.82, 2.24) is 0 Å². The van der Waals surface area contributed by atoms with Crippen LogP contribution in [0.2, 0.25) is 0 Å². The molecule has 0 amide bonds. The van der Waals surface area contributed by atoms with Gasteiger partial charge in [-0.15, -0.1) is 0 Å². The molecule has 0 atom stereocenters. The molecular weight excluding hydrogens is 180 g/mol. The Hall–Kier alpha value is -0.120. The molecule has 0 aromatic rings. The Morgan fingerprint density at radius 1 is 0.714 bits per heavy atom. The van der Waals surface area contributed by atoms with Crippen LogP contribution in [0.1, 0.15) is 64.7 Å². The fourth-order valence-electron chi connectivity index (χ4n) is 1.48. The van der Waals surface area contributed by atoms with Crippen molar-refractivity contribution in [2.24, 2.45) is 0 Å². The molecular formula is C11H21O3-3. The van der Waals surface area contributed by atoms with E-state index < -0.39 is 5.97 Å². The lowest BCUT2D eigenvalue weighted by molar-refractivity contribution is -0.904. The minimum atomic E-state index is -3.21. The summed E-state index contributed by atoms with van der Waals surface area (Å²) in [7, 11) is 0. The van der Waals surface area contributed by atoms with Gasteiger partial charge in [0.25, 0.3) is 0 Å². The number of rotatable bonds is 9. The van der Waals surface area contributed by atoms with E-state index >= 15 is 0 Å². The highest BCUT2D eigenvalue weighted by molar-refractivity contribution is 4.48. The molecule has 0 aliphatic rings. The molecule has 0 fully saturated rings. The molecule has 0 aromatic heterocycles. The van der Waals surface area contributed by atoms with E-state index in [0.717, 1.165) is 19.3 Å². The minimum absolute atomic E-state index is 0.276. The van der Waals surface area contributed by atoms with Gasteiger partial charge in [-0.05, 0) is 0 Å². The second-order valence-electron chi connectivity index (χ2n) is 3.91. The van der Waals surface area contributed by atoms with Crippen LogP contribution in [-0.2, 0) is 0 Å². The van der Waals surface area contributed by atoms with Crippen molar-refractivity contribution in [3.63, 3.8) is 0 Å². The van der Waals surface area contributed by atoms with Gasteiger partial charge in [-0.25, -0.2) is 0 Å². The first kappa shape index (κ1) is 13.9. The lowest BCUT2D eigenvalue weighted by atomic mass is 10.1. The van der Waals surface area contributed by atoms with Gasteiger partial charge in [0.15, 0.2) is 0 Å². The van der Waals surface area contributed by atoms with Gasteiger partial charge >= 0.3 is 0 Å². The fourth-order valence-corrected chi connectivity index (χ4v) is 1.48. The van der Waals surface area contributed by atoms with E-state index in [1.165, 1.54) is 25.7 Å². The smallest absolute Gasteiger partial charge is 0.0533 e. The Morgan fingerprint density at radius 2 is 1.14 bits per heavy atom. The Bertz CT molecular complexity index is 118. The Labute approximate surface area is 86.8 Å². The summed E-state index contributed by atoms with van der Waals surface area (Å²) >= 11 is 0. The maximum atomic E-state index is 10.2. The van der Waals surface area contributed by atoms with E-state index in [1.54, 1.807) is 0 Å². The summed E-state index contributed by atoms with van der Waals surface area (Å²) in [6.45, 7) is 2.18. The van der Waals surface area contributed by atoms with Gasteiger partial charge in [0.2, 0.25) is 0 Å². The third-order valence-electron chi connectivity index (χ3n) is 2.34. The van der Waals surface area contributed by atoms with Crippen LogP contribution in [0.3, 0.4) is 0 Å². The largest absolute Gasteiger partial charge is 0.876 e. The number of unbranched alkanes of at least 4 members (excludes halogenated alkanes) is 7. The molecule has 0 saturated heterocycles. The average molecular weight is 201 g/mol. The van der Waals surface area contributed by atoms with E-state index in [4.69, 9.17) is 0 Å². The molecule has 0 heterocycles. The van der Waals surface area contributed by atoms with Crippen molar-refractivity contribution in [3.05, 3.63) is 0 Å². The van der Waals surface area contributed by atoms with Crippen molar-refractivity contribution >= 4 is 0 Å². The molecule has 0 radical (unpaired) electrons. The predicted octanol–water partition coefficient (Wildman–Crippen LogP) is 0.252. The second-order valence-corrected chi connectivity index (χ2v) is 3.91. The minimum Gasteiger partial charge on any atom is -0.876 e. The molecule has 0 N–H and O–H groups in total. The summed E-state index contributed by atoms with van der Waals surface area (Å²) in [5, 5.41) is 30.5. The first-order valence-electron chi connectivity index (χ1n) is 5.67. The van der Waals surface area contributed by atoms with Crippen molar-refractivity contribution in [1.29, 1.82) is 0 Å². The summed E-state index contributed by atoms with van der Waals surface area (Å²) < 4.78 is 0. The summed E-state index contributed by atoms with van der Waals surface area (Å²) in [5.41, 5.74) is 0. The Kier molecular flexibility index (Phi) is 8.14. The van der Waals surface area contributed by atoms with Crippen molar-refractivity contribution in [2.45, 2.75) is 70.7 Å².